The lowest BCUT2D eigenvalue weighted by molar-refractivity contribution is -0.125. The Morgan fingerprint density at radius 2 is 2.13 bits per heavy atom. The van der Waals surface area contributed by atoms with Crippen molar-refractivity contribution in [2.45, 2.75) is 20.0 Å². The van der Waals surface area contributed by atoms with E-state index >= 15 is 0 Å². The molecule has 0 saturated carbocycles. The summed E-state index contributed by atoms with van der Waals surface area (Å²) in [5.41, 5.74) is 7.84. The number of carboxylic acid groups (broad SMARTS) is 1. The van der Waals surface area contributed by atoms with Crippen LogP contribution in [-0.4, -0.2) is 30.1 Å². The van der Waals surface area contributed by atoms with Crippen molar-refractivity contribution < 1.29 is 19.4 Å². The molecule has 0 aliphatic carbocycles. The zero-order chi connectivity index (χ0) is 16.9. The highest BCUT2D eigenvalue weighted by molar-refractivity contribution is 7.16. The molecule has 1 atom stereocenters. The Morgan fingerprint density at radius 3 is 2.78 bits per heavy atom. The summed E-state index contributed by atoms with van der Waals surface area (Å²) >= 11 is 1.24. The van der Waals surface area contributed by atoms with E-state index in [2.05, 4.69) is 0 Å². The van der Waals surface area contributed by atoms with Crippen LogP contribution in [0.4, 0.5) is 10.7 Å². The first kappa shape index (κ1) is 15.4. The molecule has 7 heteroatoms. The van der Waals surface area contributed by atoms with E-state index in [-0.39, 0.29) is 16.5 Å². The molecular weight excluding hydrogens is 316 g/mol. The topological polar surface area (TPSA) is 92.9 Å². The third-order valence-electron chi connectivity index (χ3n) is 3.92. The fourth-order valence-electron chi connectivity index (χ4n) is 2.79. The van der Waals surface area contributed by atoms with Crippen molar-refractivity contribution in [3.63, 3.8) is 0 Å². The third-order valence-corrected chi connectivity index (χ3v) is 4.85. The van der Waals surface area contributed by atoms with Crippen molar-refractivity contribution >= 4 is 33.9 Å². The number of rotatable bonds is 2. The molecule has 1 aliphatic rings. The second kappa shape index (κ2) is 5.27. The van der Waals surface area contributed by atoms with Gasteiger partial charge in [-0.2, -0.15) is 0 Å². The van der Waals surface area contributed by atoms with E-state index in [1.165, 1.54) is 16.2 Å². The van der Waals surface area contributed by atoms with Crippen molar-refractivity contribution in [3.8, 4) is 16.9 Å². The molecule has 120 valence electrons. The van der Waals surface area contributed by atoms with Gasteiger partial charge in [-0.05, 0) is 31.5 Å². The highest BCUT2D eigenvalue weighted by Crippen LogP contribution is 2.42. The second-order valence-electron chi connectivity index (χ2n) is 5.42. The summed E-state index contributed by atoms with van der Waals surface area (Å²) in [6, 6.07) is 5.30. The molecule has 23 heavy (non-hydrogen) atoms. The first-order valence-corrected chi connectivity index (χ1v) is 7.83. The van der Waals surface area contributed by atoms with Gasteiger partial charge in [0, 0.05) is 17.5 Å². The molecule has 1 aromatic heterocycles. The summed E-state index contributed by atoms with van der Waals surface area (Å²) in [5, 5.41) is 9.70. The van der Waals surface area contributed by atoms with E-state index < -0.39 is 12.1 Å². The number of aromatic carboxylic acids is 1. The van der Waals surface area contributed by atoms with E-state index in [1.807, 2.05) is 6.92 Å². The molecule has 1 amide bonds. The van der Waals surface area contributed by atoms with Crippen molar-refractivity contribution in [2.24, 2.45) is 0 Å². The molecule has 3 rings (SSSR count). The number of carbonyl (C=O) groups excluding carboxylic acids is 1. The second-order valence-corrected chi connectivity index (χ2v) is 6.67. The van der Waals surface area contributed by atoms with Gasteiger partial charge in [0.25, 0.3) is 5.91 Å². The van der Waals surface area contributed by atoms with E-state index in [9.17, 15) is 14.7 Å². The average molecular weight is 332 g/mol. The molecule has 1 aliphatic heterocycles. The lowest BCUT2D eigenvalue weighted by atomic mass is 10.00. The van der Waals surface area contributed by atoms with Gasteiger partial charge in [-0.1, -0.05) is 6.07 Å². The number of thiophene rings is 1. The van der Waals surface area contributed by atoms with Crippen LogP contribution in [0.25, 0.3) is 11.1 Å². The van der Waals surface area contributed by atoms with Gasteiger partial charge in [-0.15, -0.1) is 11.3 Å². The number of amides is 1. The molecule has 1 aromatic carbocycles. The number of nitrogens with two attached hydrogens (primary N) is 1. The maximum Gasteiger partial charge on any atom is 0.339 e. The summed E-state index contributed by atoms with van der Waals surface area (Å²) in [4.78, 5) is 25.9. The number of hydrogen-bond acceptors (Lipinski definition) is 5. The van der Waals surface area contributed by atoms with Gasteiger partial charge in [-0.3, -0.25) is 4.79 Å². The van der Waals surface area contributed by atoms with Gasteiger partial charge < -0.3 is 20.5 Å². The molecule has 2 heterocycles. The molecule has 6 nitrogen and oxygen atoms in total. The minimum Gasteiger partial charge on any atom is -0.479 e. The minimum absolute atomic E-state index is 0.103. The molecule has 0 bridgehead atoms. The number of anilines is 2. The zero-order valence-corrected chi connectivity index (χ0v) is 13.7. The van der Waals surface area contributed by atoms with Gasteiger partial charge in [0.05, 0.1) is 5.69 Å². The Morgan fingerprint density at radius 1 is 1.43 bits per heavy atom. The average Bonchev–Trinajstić information content (AvgIpc) is 2.79. The van der Waals surface area contributed by atoms with Gasteiger partial charge in [0.15, 0.2) is 6.10 Å². The number of hydrogen-bond donors (Lipinski definition) is 2. The third kappa shape index (κ3) is 2.33. The van der Waals surface area contributed by atoms with Gasteiger partial charge in [-0.25, -0.2) is 4.79 Å². The smallest absolute Gasteiger partial charge is 0.339 e. The highest BCUT2D eigenvalue weighted by Gasteiger charge is 2.30. The van der Waals surface area contributed by atoms with Crippen LogP contribution in [0.1, 0.15) is 22.2 Å². The normalized spacial score (nSPS) is 16.9. The molecule has 3 N–H and O–H groups in total. The maximum absolute atomic E-state index is 12.1. The molecule has 2 aromatic rings. The van der Waals surface area contributed by atoms with Crippen LogP contribution in [0.2, 0.25) is 0 Å². The minimum atomic E-state index is -1.06. The standard InChI is InChI=1S/C16H16N2O4S/c1-7-15(19)18(3)10-6-9(4-5-11(10)22-7)12-8(2)23-14(17)13(12)16(20)21/h4-7H,17H2,1-3H3,(H,20,21). The van der Waals surface area contributed by atoms with E-state index in [4.69, 9.17) is 10.5 Å². The SMILES string of the molecule is Cc1sc(N)c(C(=O)O)c1-c1ccc2c(c1)N(C)C(=O)C(C)O2. The highest BCUT2D eigenvalue weighted by atomic mass is 32.1. The first-order valence-electron chi connectivity index (χ1n) is 7.02. The maximum atomic E-state index is 12.1. The number of nitrogens with zero attached hydrogens (tertiary/aromatic N) is 1. The Balaban J connectivity index is 2.18. The number of benzene rings is 1. The van der Waals surface area contributed by atoms with Crippen LogP contribution in [0.15, 0.2) is 18.2 Å². The molecule has 0 saturated heterocycles. The van der Waals surface area contributed by atoms with Gasteiger partial charge >= 0.3 is 5.97 Å². The monoisotopic (exact) mass is 332 g/mol. The van der Waals surface area contributed by atoms with Crippen LogP contribution >= 0.6 is 11.3 Å². The summed E-state index contributed by atoms with van der Waals surface area (Å²) in [6.45, 7) is 3.53. The van der Waals surface area contributed by atoms with Crippen LogP contribution in [0.3, 0.4) is 0 Å². The number of aryl methyl sites for hydroxylation is 1. The number of likely N-dealkylation sites (N-methyl/N-ethyl adjacent to an activating group) is 1. The van der Waals surface area contributed by atoms with E-state index in [0.29, 0.717) is 22.6 Å². The van der Waals surface area contributed by atoms with Crippen molar-refractivity contribution in [1.29, 1.82) is 0 Å². The predicted octanol–water partition coefficient (Wildman–Crippen LogP) is 2.75. The summed E-state index contributed by atoms with van der Waals surface area (Å²) in [7, 11) is 1.68. The number of ether oxygens (including phenoxy) is 1. The largest absolute Gasteiger partial charge is 0.479 e. The Bertz CT molecular complexity index is 828. The molecule has 1 unspecified atom stereocenters. The van der Waals surface area contributed by atoms with Crippen molar-refractivity contribution in [2.75, 3.05) is 17.7 Å². The quantitative estimate of drug-likeness (QED) is 0.882. The Hall–Kier alpha value is -2.54. The number of nitrogen functional groups attached to an aromatic ring is 1. The van der Waals surface area contributed by atoms with Crippen LogP contribution in [0.5, 0.6) is 5.75 Å². The molecule has 0 radical (unpaired) electrons. The lowest BCUT2D eigenvalue weighted by Crippen LogP contribution is -2.41. The Kier molecular flexibility index (Phi) is 3.52. The number of carboxylic acids is 1. The lowest BCUT2D eigenvalue weighted by Gasteiger charge is -2.30. The van der Waals surface area contributed by atoms with Gasteiger partial charge in [0.1, 0.15) is 16.3 Å². The van der Waals surface area contributed by atoms with Crippen LogP contribution < -0.4 is 15.4 Å². The summed E-state index contributed by atoms with van der Waals surface area (Å²) in [5.74, 6) is -0.607. The van der Waals surface area contributed by atoms with Gasteiger partial charge in [0.2, 0.25) is 0 Å². The first-order chi connectivity index (χ1) is 10.8. The fraction of sp³-hybridized carbons (Fsp3) is 0.250. The molecular formula is C16H16N2O4S. The number of fused-ring (bicyclic) bond motifs is 1. The van der Waals surface area contributed by atoms with E-state index in [1.54, 1.807) is 32.2 Å². The summed E-state index contributed by atoms with van der Waals surface area (Å²) < 4.78 is 5.59. The van der Waals surface area contributed by atoms with Crippen molar-refractivity contribution in [3.05, 3.63) is 28.6 Å². The zero-order valence-electron chi connectivity index (χ0n) is 12.9. The van der Waals surface area contributed by atoms with Crippen LogP contribution in [0, 0.1) is 6.92 Å². The van der Waals surface area contributed by atoms with Crippen molar-refractivity contribution in [1.82, 2.24) is 0 Å². The van der Waals surface area contributed by atoms with E-state index in [0.717, 1.165) is 4.88 Å². The fourth-order valence-corrected chi connectivity index (χ4v) is 3.74. The summed E-state index contributed by atoms with van der Waals surface area (Å²) in [6.07, 6.45) is -0.536. The molecule has 0 spiro atoms. The Labute approximate surface area is 137 Å². The predicted molar refractivity (Wildman–Crippen MR) is 89.4 cm³/mol. The van der Waals surface area contributed by atoms with Crippen LogP contribution in [-0.2, 0) is 4.79 Å². The molecule has 0 fully saturated rings. The number of carbonyl (C=O) groups is 2.